The number of aryl methyl sites for hydroxylation is 1. The van der Waals surface area contributed by atoms with Crippen LogP contribution in [0.25, 0.3) is 0 Å². The van der Waals surface area contributed by atoms with Crippen molar-refractivity contribution in [2.24, 2.45) is 5.92 Å². The van der Waals surface area contributed by atoms with E-state index in [1.54, 1.807) is 19.2 Å². The summed E-state index contributed by atoms with van der Waals surface area (Å²) in [6.07, 6.45) is 3.73. The molecule has 4 N–H and O–H groups in total. The normalized spacial score (nSPS) is 16.2. The van der Waals surface area contributed by atoms with Crippen LogP contribution >= 0.6 is 0 Å². The average Bonchev–Trinajstić information content (AvgIpc) is 3.29. The van der Waals surface area contributed by atoms with Crippen molar-refractivity contribution in [3.05, 3.63) is 53.6 Å². The van der Waals surface area contributed by atoms with Crippen LogP contribution in [-0.4, -0.2) is 95.1 Å². The van der Waals surface area contributed by atoms with Crippen LogP contribution in [0.2, 0.25) is 0 Å². The van der Waals surface area contributed by atoms with Crippen molar-refractivity contribution in [2.45, 2.75) is 38.6 Å². The third kappa shape index (κ3) is 11.9. The molecule has 0 bridgehead atoms. The topological polar surface area (TPSA) is 131 Å². The number of nitrogen functional groups attached to an aromatic ring is 1. The van der Waals surface area contributed by atoms with Crippen molar-refractivity contribution >= 4 is 11.9 Å². The van der Waals surface area contributed by atoms with Crippen molar-refractivity contribution in [1.82, 2.24) is 20.2 Å². The zero-order chi connectivity index (χ0) is 30.9. The summed E-state index contributed by atoms with van der Waals surface area (Å²) < 4.78 is 44.0. The van der Waals surface area contributed by atoms with E-state index >= 15 is 0 Å². The van der Waals surface area contributed by atoms with E-state index in [2.05, 4.69) is 26.8 Å². The van der Waals surface area contributed by atoms with Gasteiger partial charge in [0.05, 0.1) is 65.7 Å². The molecule has 12 heteroatoms. The number of methoxy groups -OCH3 is 1. The first-order chi connectivity index (χ1) is 20.9. The Labute approximate surface area is 254 Å². The van der Waals surface area contributed by atoms with E-state index in [0.717, 1.165) is 38.2 Å². The number of halogens is 1. The van der Waals surface area contributed by atoms with Crippen LogP contribution < -0.4 is 21.1 Å². The lowest BCUT2D eigenvalue weighted by molar-refractivity contribution is -0.116. The predicted molar refractivity (Wildman–Crippen MR) is 163 cm³/mol. The Hall–Kier alpha value is -3.03. The number of amides is 1. The van der Waals surface area contributed by atoms with Crippen LogP contribution in [0.1, 0.15) is 35.7 Å². The molecule has 240 valence electrons. The van der Waals surface area contributed by atoms with E-state index in [1.165, 1.54) is 17.8 Å². The average molecular weight is 606 g/mol. The molecule has 11 nitrogen and oxygen atoms in total. The molecule has 0 fully saturated rings. The first-order valence-electron chi connectivity index (χ1n) is 15.0. The molecule has 1 aliphatic rings. The van der Waals surface area contributed by atoms with Gasteiger partial charge in [0.25, 0.3) is 0 Å². The second-order valence-electron chi connectivity index (χ2n) is 10.5. The van der Waals surface area contributed by atoms with E-state index in [1.807, 2.05) is 6.92 Å². The molecule has 2 heterocycles. The lowest BCUT2D eigenvalue weighted by atomic mass is 9.82. The number of imidazole rings is 1. The molecule has 1 aromatic carbocycles. The summed E-state index contributed by atoms with van der Waals surface area (Å²) >= 11 is 0. The molecular formula is C31H48FN5O6. The molecule has 0 aliphatic carbocycles. The Kier molecular flexibility index (Phi) is 15.5. The first-order valence-corrected chi connectivity index (χ1v) is 15.0. The molecule has 0 radical (unpaired) electrons. The highest BCUT2D eigenvalue weighted by Gasteiger charge is 2.31. The second-order valence-corrected chi connectivity index (χ2v) is 10.5. The summed E-state index contributed by atoms with van der Waals surface area (Å²) in [5.41, 5.74) is 9.09. The number of carbonyl (C=O) groups is 1. The van der Waals surface area contributed by atoms with Gasteiger partial charge in [-0.05, 0) is 68.5 Å². The largest absolute Gasteiger partial charge is 0.497 e. The fourth-order valence-electron chi connectivity index (χ4n) is 5.34. The molecule has 2 atom stereocenters. The van der Waals surface area contributed by atoms with Crippen LogP contribution in [0.5, 0.6) is 5.75 Å². The summed E-state index contributed by atoms with van der Waals surface area (Å²) in [6.45, 7) is 12.1. The van der Waals surface area contributed by atoms with Gasteiger partial charge in [-0.1, -0.05) is 6.58 Å². The quantitative estimate of drug-likeness (QED) is 0.137. The van der Waals surface area contributed by atoms with Crippen LogP contribution in [0.3, 0.4) is 0 Å². The summed E-state index contributed by atoms with van der Waals surface area (Å²) in [4.78, 5) is 15.5. The van der Waals surface area contributed by atoms with E-state index in [-0.39, 0.29) is 23.6 Å². The molecule has 0 saturated carbocycles. The van der Waals surface area contributed by atoms with Gasteiger partial charge in [0.2, 0.25) is 11.9 Å². The van der Waals surface area contributed by atoms with Gasteiger partial charge in [-0.15, -0.1) is 0 Å². The number of nitrogens with two attached hydrogens (primary N) is 1. The highest BCUT2D eigenvalue weighted by molar-refractivity contribution is 5.86. The van der Waals surface area contributed by atoms with Gasteiger partial charge in [0.15, 0.2) is 0 Å². The Balaban J connectivity index is 1.24. The van der Waals surface area contributed by atoms with Crippen LogP contribution in [0.4, 0.5) is 10.3 Å². The fourth-order valence-corrected chi connectivity index (χ4v) is 5.34. The van der Waals surface area contributed by atoms with Gasteiger partial charge >= 0.3 is 0 Å². The summed E-state index contributed by atoms with van der Waals surface area (Å²) in [7, 11) is 1.59. The number of anilines is 1. The van der Waals surface area contributed by atoms with Crippen molar-refractivity contribution in [1.29, 1.82) is 0 Å². The van der Waals surface area contributed by atoms with E-state index in [0.29, 0.717) is 83.1 Å². The molecular weight excluding hydrogens is 557 g/mol. The zero-order valence-corrected chi connectivity index (χ0v) is 25.6. The number of carbonyl (C=O) groups excluding carboxylic acids is 1. The van der Waals surface area contributed by atoms with Gasteiger partial charge in [0, 0.05) is 31.2 Å². The SMILES string of the molecule is C=CC(=O)NCCOCCOCCOCCOCCNCC[C@H]1C[C@@H](Cc2cc(OC)ccc2F)Cn2c(N)nc(C)c21. The monoisotopic (exact) mass is 605 g/mol. The first kappa shape index (κ1) is 34.5. The molecule has 43 heavy (non-hydrogen) atoms. The minimum atomic E-state index is -0.210. The van der Waals surface area contributed by atoms with E-state index < -0.39 is 0 Å². The number of nitrogens with zero attached hydrogens (tertiary/aromatic N) is 2. The molecule has 1 aliphatic heterocycles. The van der Waals surface area contributed by atoms with Crippen molar-refractivity contribution in [2.75, 3.05) is 85.3 Å². The van der Waals surface area contributed by atoms with E-state index in [4.69, 9.17) is 29.4 Å². The highest BCUT2D eigenvalue weighted by Crippen LogP contribution is 2.38. The Morgan fingerprint density at radius 2 is 1.72 bits per heavy atom. The predicted octanol–water partition coefficient (Wildman–Crippen LogP) is 2.62. The van der Waals surface area contributed by atoms with Crippen LogP contribution in [0.15, 0.2) is 30.9 Å². The summed E-state index contributed by atoms with van der Waals surface area (Å²) in [5.74, 6) is 1.32. The molecule has 2 aromatic rings. The molecule has 0 unspecified atom stereocenters. The molecule has 1 aromatic heterocycles. The van der Waals surface area contributed by atoms with Gasteiger partial charge < -0.3 is 44.6 Å². The molecule has 1 amide bonds. The smallest absolute Gasteiger partial charge is 0.243 e. The van der Waals surface area contributed by atoms with Crippen LogP contribution in [-0.2, 0) is 36.7 Å². The molecule has 0 saturated heterocycles. The second kappa shape index (κ2) is 19.3. The molecule has 3 rings (SSSR count). The molecule has 0 spiro atoms. The lowest BCUT2D eigenvalue weighted by Gasteiger charge is -2.32. The number of hydrogen-bond donors (Lipinski definition) is 3. The summed E-state index contributed by atoms with van der Waals surface area (Å²) in [5, 5.41) is 6.11. The minimum Gasteiger partial charge on any atom is -0.497 e. The number of fused-ring (bicyclic) bond motifs is 1. The highest BCUT2D eigenvalue weighted by atomic mass is 19.1. The van der Waals surface area contributed by atoms with E-state index in [9.17, 15) is 9.18 Å². The standard InChI is InChI=1S/C31H48FN5O6/c1-4-29(38)35-10-12-41-14-16-43-18-17-42-15-13-40-11-9-34-8-7-25-19-24(22-37-30(25)23(2)36-31(37)33)20-26-21-27(39-3)5-6-28(26)32/h4-6,21,24-25,34H,1,7-20,22H2,2-3H3,(H2,33,36)(H,35,38)/t24-,25-/m0/s1. The Morgan fingerprint density at radius 3 is 2.37 bits per heavy atom. The van der Waals surface area contributed by atoms with Crippen molar-refractivity contribution < 1.29 is 32.9 Å². The number of benzene rings is 1. The number of hydrogen-bond acceptors (Lipinski definition) is 9. The third-order valence-corrected chi connectivity index (χ3v) is 7.37. The van der Waals surface area contributed by atoms with Crippen LogP contribution in [0, 0.1) is 18.7 Å². The van der Waals surface area contributed by atoms with Gasteiger partial charge in [-0.2, -0.15) is 0 Å². The Morgan fingerprint density at radius 1 is 1.07 bits per heavy atom. The zero-order valence-electron chi connectivity index (χ0n) is 25.6. The summed E-state index contributed by atoms with van der Waals surface area (Å²) in [6, 6.07) is 4.91. The number of rotatable bonds is 22. The van der Waals surface area contributed by atoms with Gasteiger partial charge in [0.1, 0.15) is 11.6 Å². The third-order valence-electron chi connectivity index (χ3n) is 7.37. The Bertz CT molecular complexity index is 1130. The van der Waals surface area contributed by atoms with Gasteiger partial charge in [-0.3, -0.25) is 4.79 Å². The fraction of sp³-hybridized carbons (Fsp3) is 0.613. The number of aromatic nitrogens is 2. The maximum absolute atomic E-state index is 14.5. The maximum Gasteiger partial charge on any atom is 0.243 e. The number of ether oxygens (including phenoxy) is 5. The van der Waals surface area contributed by atoms with Crippen molar-refractivity contribution in [3.63, 3.8) is 0 Å². The lowest BCUT2D eigenvalue weighted by Crippen LogP contribution is -2.29. The minimum absolute atomic E-state index is 0.204. The van der Waals surface area contributed by atoms with Gasteiger partial charge in [-0.25, -0.2) is 9.37 Å². The number of nitrogens with one attached hydrogen (secondary N) is 2. The maximum atomic E-state index is 14.5. The van der Waals surface area contributed by atoms with Crippen molar-refractivity contribution in [3.8, 4) is 5.75 Å².